The van der Waals surface area contributed by atoms with E-state index in [4.69, 9.17) is 0 Å². The molecule has 0 aliphatic carbocycles. The summed E-state index contributed by atoms with van der Waals surface area (Å²) in [6, 6.07) is 9.20. The molecule has 0 saturated carbocycles. The number of benzene rings is 1. The second-order valence-corrected chi connectivity index (χ2v) is 2.58. The molecule has 0 radical (unpaired) electrons. The van der Waals surface area contributed by atoms with Crippen molar-refractivity contribution in [3.05, 3.63) is 35.9 Å². The van der Waals surface area contributed by atoms with Crippen LogP contribution in [-0.2, 0) is 4.79 Å². The molecular formula is C9H13N2O+. The van der Waals surface area contributed by atoms with E-state index in [2.05, 4.69) is 11.1 Å². The fourth-order valence-corrected chi connectivity index (χ4v) is 1.01. The molecule has 3 nitrogen and oxygen atoms in total. The number of carbonyl (C=O) groups is 1. The first-order valence-corrected chi connectivity index (χ1v) is 3.85. The second-order valence-electron chi connectivity index (χ2n) is 2.58. The number of likely N-dealkylation sites (N-methyl/N-ethyl adjacent to an activating group) is 1. The van der Waals surface area contributed by atoms with E-state index in [1.165, 1.54) is 0 Å². The Morgan fingerprint density at radius 2 is 2.00 bits per heavy atom. The van der Waals surface area contributed by atoms with Crippen LogP contribution in [0.1, 0.15) is 11.6 Å². The van der Waals surface area contributed by atoms with Gasteiger partial charge in [0.1, 0.15) is 0 Å². The summed E-state index contributed by atoms with van der Waals surface area (Å²) < 4.78 is 0. The third-order valence-electron chi connectivity index (χ3n) is 1.76. The molecule has 0 heterocycles. The van der Waals surface area contributed by atoms with Crippen LogP contribution in [0, 0.1) is 0 Å². The molecule has 0 fully saturated rings. The first-order chi connectivity index (χ1) is 5.75. The summed E-state index contributed by atoms with van der Waals surface area (Å²) in [6.45, 7) is 0. The first kappa shape index (κ1) is 8.74. The highest BCUT2D eigenvalue weighted by Gasteiger charge is 2.16. The van der Waals surface area contributed by atoms with Crippen molar-refractivity contribution in [1.29, 1.82) is 0 Å². The van der Waals surface area contributed by atoms with Crippen LogP contribution >= 0.6 is 0 Å². The number of rotatable bonds is 2. The molecule has 1 aromatic carbocycles. The number of hydrogen-bond acceptors (Lipinski definition) is 1. The van der Waals surface area contributed by atoms with Gasteiger partial charge in [0.25, 0.3) is 5.91 Å². The molecule has 0 aromatic heterocycles. The molecule has 0 spiro atoms. The zero-order chi connectivity index (χ0) is 8.97. The van der Waals surface area contributed by atoms with Gasteiger partial charge in [0, 0.05) is 12.6 Å². The van der Waals surface area contributed by atoms with Crippen molar-refractivity contribution in [3.8, 4) is 0 Å². The van der Waals surface area contributed by atoms with Crippen molar-refractivity contribution < 1.29 is 10.5 Å². The van der Waals surface area contributed by atoms with Gasteiger partial charge in [0.2, 0.25) is 0 Å². The average Bonchev–Trinajstić information content (AvgIpc) is 2.17. The first-order valence-electron chi connectivity index (χ1n) is 3.85. The van der Waals surface area contributed by atoms with Crippen molar-refractivity contribution in [2.75, 3.05) is 7.05 Å². The largest absolute Gasteiger partial charge is 0.354 e. The van der Waals surface area contributed by atoms with Gasteiger partial charge in [-0.15, -0.1) is 0 Å². The van der Waals surface area contributed by atoms with E-state index in [1.54, 1.807) is 7.05 Å². The van der Waals surface area contributed by atoms with Gasteiger partial charge < -0.3 is 11.1 Å². The third-order valence-corrected chi connectivity index (χ3v) is 1.76. The fourth-order valence-electron chi connectivity index (χ4n) is 1.01. The lowest BCUT2D eigenvalue weighted by atomic mass is 10.1. The summed E-state index contributed by atoms with van der Waals surface area (Å²) in [4.78, 5) is 11.1. The quantitative estimate of drug-likeness (QED) is 0.622. The van der Waals surface area contributed by atoms with Crippen molar-refractivity contribution in [2.45, 2.75) is 6.04 Å². The van der Waals surface area contributed by atoms with Gasteiger partial charge in [0.15, 0.2) is 6.04 Å². The molecule has 4 N–H and O–H groups in total. The Morgan fingerprint density at radius 3 is 2.50 bits per heavy atom. The Balaban J connectivity index is 2.78. The highest BCUT2D eigenvalue weighted by molar-refractivity contribution is 5.81. The van der Waals surface area contributed by atoms with E-state index in [0.29, 0.717) is 0 Å². The molecule has 0 bridgehead atoms. The van der Waals surface area contributed by atoms with Gasteiger partial charge in [-0.3, -0.25) is 4.79 Å². The van der Waals surface area contributed by atoms with Gasteiger partial charge in [-0.25, -0.2) is 0 Å². The van der Waals surface area contributed by atoms with Gasteiger partial charge in [0.05, 0.1) is 0 Å². The van der Waals surface area contributed by atoms with Crippen LogP contribution in [0.15, 0.2) is 30.3 Å². The van der Waals surface area contributed by atoms with Gasteiger partial charge >= 0.3 is 0 Å². The molecule has 1 rings (SSSR count). The minimum absolute atomic E-state index is 0.0544. The molecule has 0 aliphatic rings. The van der Waals surface area contributed by atoms with E-state index < -0.39 is 0 Å². The van der Waals surface area contributed by atoms with Crippen LogP contribution < -0.4 is 11.1 Å². The molecule has 1 amide bonds. The summed E-state index contributed by atoms with van der Waals surface area (Å²) in [5.41, 5.74) is 4.71. The maximum atomic E-state index is 11.1. The van der Waals surface area contributed by atoms with Crippen LogP contribution in [0.4, 0.5) is 0 Å². The molecule has 3 heteroatoms. The number of hydrogen-bond donors (Lipinski definition) is 2. The third kappa shape index (κ3) is 1.83. The van der Waals surface area contributed by atoms with E-state index in [1.807, 2.05) is 30.3 Å². The molecule has 0 unspecified atom stereocenters. The standard InChI is InChI=1S/C9H12N2O/c1-11-9(12)8(10)7-5-3-2-4-6-7/h2-6,8H,10H2,1H3,(H,11,12)/p+1/t8-/m1/s1. The van der Waals surface area contributed by atoms with Crippen molar-refractivity contribution >= 4 is 5.91 Å². The van der Waals surface area contributed by atoms with Crippen LogP contribution in [-0.4, -0.2) is 13.0 Å². The Bertz CT molecular complexity index is 258. The van der Waals surface area contributed by atoms with Crippen LogP contribution in [0.2, 0.25) is 0 Å². The summed E-state index contributed by atoms with van der Waals surface area (Å²) in [7, 11) is 1.61. The van der Waals surface area contributed by atoms with E-state index in [-0.39, 0.29) is 11.9 Å². The van der Waals surface area contributed by atoms with Crippen LogP contribution in [0.5, 0.6) is 0 Å². The topological polar surface area (TPSA) is 56.7 Å². The van der Waals surface area contributed by atoms with Crippen LogP contribution in [0.3, 0.4) is 0 Å². The average molecular weight is 165 g/mol. The number of nitrogens with one attached hydrogen (secondary N) is 1. The lowest BCUT2D eigenvalue weighted by Crippen LogP contribution is -2.59. The molecule has 64 valence electrons. The SMILES string of the molecule is CNC(=O)[C@H]([NH3+])c1ccccc1. The van der Waals surface area contributed by atoms with E-state index in [0.717, 1.165) is 5.56 Å². The zero-order valence-electron chi connectivity index (χ0n) is 7.08. The minimum Gasteiger partial charge on any atom is -0.354 e. The van der Waals surface area contributed by atoms with Crippen molar-refractivity contribution in [1.82, 2.24) is 5.32 Å². The molecule has 12 heavy (non-hydrogen) atoms. The monoisotopic (exact) mass is 165 g/mol. The molecule has 1 aromatic rings. The van der Waals surface area contributed by atoms with Gasteiger partial charge in [-0.05, 0) is 0 Å². The van der Waals surface area contributed by atoms with Crippen molar-refractivity contribution in [2.24, 2.45) is 0 Å². The Morgan fingerprint density at radius 1 is 1.42 bits per heavy atom. The second kappa shape index (κ2) is 3.88. The van der Waals surface area contributed by atoms with Crippen LogP contribution in [0.25, 0.3) is 0 Å². The van der Waals surface area contributed by atoms with Crippen molar-refractivity contribution in [3.63, 3.8) is 0 Å². The fraction of sp³-hybridized carbons (Fsp3) is 0.222. The van der Waals surface area contributed by atoms with E-state index in [9.17, 15) is 4.79 Å². The number of carbonyl (C=O) groups excluding carboxylic acids is 1. The highest BCUT2D eigenvalue weighted by atomic mass is 16.2. The Hall–Kier alpha value is -1.35. The molecule has 1 atom stereocenters. The molecule has 0 aliphatic heterocycles. The normalized spacial score (nSPS) is 12.2. The predicted octanol–water partition coefficient (Wildman–Crippen LogP) is -0.284. The number of quaternary nitrogens is 1. The lowest BCUT2D eigenvalue weighted by molar-refractivity contribution is -0.409. The smallest absolute Gasteiger partial charge is 0.282 e. The minimum atomic E-state index is -0.309. The zero-order valence-corrected chi connectivity index (χ0v) is 7.08. The summed E-state index contributed by atoms with van der Waals surface area (Å²) >= 11 is 0. The molecular weight excluding hydrogens is 152 g/mol. The summed E-state index contributed by atoms with van der Waals surface area (Å²) in [5, 5.41) is 2.56. The maximum absolute atomic E-state index is 11.1. The summed E-state index contributed by atoms with van der Waals surface area (Å²) in [5.74, 6) is -0.0544. The van der Waals surface area contributed by atoms with Gasteiger partial charge in [-0.2, -0.15) is 0 Å². The maximum Gasteiger partial charge on any atom is 0.282 e. The van der Waals surface area contributed by atoms with Gasteiger partial charge in [-0.1, -0.05) is 30.3 Å². The Labute approximate surface area is 71.6 Å². The predicted molar refractivity (Wildman–Crippen MR) is 46.1 cm³/mol. The highest BCUT2D eigenvalue weighted by Crippen LogP contribution is 2.06. The number of amides is 1. The molecule has 0 saturated heterocycles. The summed E-state index contributed by atoms with van der Waals surface area (Å²) in [6.07, 6.45) is 0. The Kier molecular flexibility index (Phi) is 2.82. The van der Waals surface area contributed by atoms with E-state index >= 15 is 0 Å². The lowest BCUT2D eigenvalue weighted by Gasteiger charge is -2.05.